The third-order valence-electron chi connectivity index (χ3n) is 3.07. The highest BCUT2D eigenvalue weighted by molar-refractivity contribution is 7.89. The lowest BCUT2D eigenvalue weighted by atomic mass is 10.2. The minimum atomic E-state index is -3.94. The van der Waals surface area contributed by atoms with E-state index in [1.807, 2.05) is 13.0 Å². The molecule has 2 aromatic rings. The summed E-state index contributed by atoms with van der Waals surface area (Å²) in [5.74, 6) is -0.816. The number of halogens is 1. The number of hydrogen-bond acceptors (Lipinski definition) is 4. The maximum atomic E-state index is 13.8. The van der Waals surface area contributed by atoms with Gasteiger partial charge in [0.05, 0.1) is 12.2 Å². The molecule has 0 aliphatic heterocycles. The highest BCUT2D eigenvalue weighted by atomic mass is 32.2. The van der Waals surface area contributed by atoms with Gasteiger partial charge in [-0.2, -0.15) is 0 Å². The van der Waals surface area contributed by atoms with Crippen LogP contribution in [0.4, 0.5) is 4.39 Å². The number of pyridine rings is 1. The van der Waals surface area contributed by atoms with Crippen molar-refractivity contribution in [2.75, 3.05) is 0 Å². The van der Waals surface area contributed by atoms with Gasteiger partial charge in [-0.15, -0.1) is 0 Å². The second kappa shape index (κ2) is 6.30. The zero-order valence-electron chi connectivity index (χ0n) is 11.5. The molecule has 5 nitrogen and oxygen atoms in total. The number of nitrogens with two attached hydrogens (primary N) is 1. The summed E-state index contributed by atoms with van der Waals surface area (Å²) in [4.78, 5) is 3.69. The van der Waals surface area contributed by atoms with Gasteiger partial charge in [-0.1, -0.05) is 12.1 Å². The highest BCUT2D eigenvalue weighted by Gasteiger charge is 2.19. The van der Waals surface area contributed by atoms with Gasteiger partial charge in [-0.3, -0.25) is 4.98 Å². The highest BCUT2D eigenvalue weighted by Crippen LogP contribution is 2.16. The van der Waals surface area contributed by atoms with Gasteiger partial charge >= 0.3 is 0 Å². The van der Waals surface area contributed by atoms with Crippen LogP contribution in [0.25, 0.3) is 0 Å². The van der Waals surface area contributed by atoms with E-state index in [-0.39, 0.29) is 13.1 Å². The first-order valence-corrected chi connectivity index (χ1v) is 7.81. The van der Waals surface area contributed by atoms with Crippen LogP contribution < -0.4 is 10.5 Å². The lowest BCUT2D eigenvalue weighted by molar-refractivity contribution is 0.555. The molecule has 7 heteroatoms. The lowest BCUT2D eigenvalue weighted by Gasteiger charge is -2.09. The summed E-state index contributed by atoms with van der Waals surface area (Å²) in [5, 5.41) is 0. The van der Waals surface area contributed by atoms with Crippen LogP contribution in [-0.4, -0.2) is 13.4 Å². The fraction of sp³-hybridized carbons (Fsp3) is 0.214. The van der Waals surface area contributed by atoms with Gasteiger partial charge in [0, 0.05) is 12.7 Å². The number of nitrogens with one attached hydrogen (secondary N) is 1. The molecular weight excluding hydrogens is 293 g/mol. The van der Waals surface area contributed by atoms with E-state index in [0.717, 1.165) is 11.6 Å². The number of rotatable bonds is 5. The van der Waals surface area contributed by atoms with Crippen molar-refractivity contribution in [1.82, 2.24) is 9.71 Å². The van der Waals surface area contributed by atoms with E-state index >= 15 is 0 Å². The molecule has 0 radical (unpaired) electrons. The van der Waals surface area contributed by atoms with Gasteiger partial charge in [0.15, 0.2) is 0 Å². The topological polar surface area (TPSA) is 85.1 Å². The largest absolute Gasteiger partial charge is 0.326 e. The minimum Gasteiger partial charge on any atom is -0.326 e. The molecule has 21 heavy (non-hydrogen) atoms. The molecule has 0 saturated carbocycles. The summed E-state index contributed by atoms with van der Waals surface area (Å²) in [5.41, 5.74) is 7.38. The molecule has 3 N–H and O–H groups in total. The Morgan fingerprint density at radius 2 is 2.10 bits per heavy atom. The van der Waals surface area contributed by atoms with Gasteiger partial charge in [0.2, 0.25) is 10.0 Å². The minimum absolute atomic E-state index is 0.00703. The van der Waals surface area contributed by atoms with E-state index in [0.29, 0.717) is 11.3 Å². The van der Waals surface area contributed by atoms with Gasteiger partial charge in [0.1, 0.15) is 10.7 Å². The van der Waals surface area contributed by atoms with Gasteiger partial charge in [0.25, 0.3) is 0 Å². The zero-order valence-corrected chi connectivity index (χ0v) is 12.3. The molecule has 0 bridgehead atoms. The molecule has 0 spiro atoms. The molecule has 112 valence electrons. The molecule has 2 rings (SSSR count). The van der Waals surface area contributed by atoms with Crippen molar-refractivity contribution in [2.45, 2.75) is 24.9 Å². The van der Waals surface area contributed by atoms with Gasteiger partial charge in [-0.05, 0) is 36.2 Å². The summed E-state index contributed by atoms with van der Waals surface area (Å²) in [6, 6.07) is 7.42. The van der Waals surface area contributed by atoms with Crippen molar-refractivity contribution >= 4 is 10.0 Å². The van der Waals surface area contributed by atoms with E-state index in [1.165, 1.54) is 12.1 Å². The van der Waals surface area contributed by atoms with Crippen LogP contribution in [0.15, 0.2) is 41.4 Å². The number of sulfonamides is 1. The first-order chi connectivity index (χ1) is 9.94. The van der Waals surface area contributed by atoms with Crippen molar-refractivity contribution in [3.63, 3.8) is 0 Å². The van der Waals surface area contributed by atoms with Crippen LogP contribution in [0.3, 0.4) is 0 Å². The smallest absolute Gasteiger partial charge is 0.243 e. The molecule has 0 amide bonds. The van der Waals surface area contributed by atoms with Crippen LogP contribution in [0.5, 0.6) is 0 Å². The number of aryl methyl sites for hydroxylation is 1. The number of aromatic nitrogens is 1. The molecule has 0 fully saturated rings. The Morgan fingerprint density at radius 3 is 2.71 bits per heavy atom. The number of hydrogen-bond donors (Lipinski definition) is 2. The summed E-state index contributed by atoms with van der Waals surface area (Å²) in [7, 11) is -3.94. The normalized spacial score (nSPS) is 11.6. The predicted molar refractivity (Wildman–Crippen MR) is 77.3 cm³/mol. The first-order valence-electron chi connectivity index (χ1n) is 6.32. The Labute approximate surface area is 123 Å². The van der Waals surface area contributed by atoms with Crippen LogP contribution in [0.2, 0.25) is 0 Å². The molecule has 0 aliphatic rings. The van der Waals surface area contributed by atoms with Crippen molar-refractivity contribution in [3.8, 4) is 0 Å². The Morgan fingerprint density at radius 1 is 1.33 bits per heavy atom. The maximum absolute atomic E-state index is 13.8. The van der Waals surface area contributed by atoms with Crippen molar-refractivity contribution < 1.29 is 12.8 Å². The van der Waals surface area contributed by atoms with Crippen LogP contribution >= 0.6 is 0 Å². The average Bonchev–Trinajstić information content (AvgIpc) is 2.46. The maximum Gasteiger partial charge on any atom is 0.243 e. The summed E-state index contributed by atoms with van der Waals surface area (Å²) < 4.78 is 40.5. The fourth-order valence-corrected chi connectivity index (χ4v) is 2.88. The van der Waals surface area contributed by atoms with E-state index in [4.69, 9.17) is 5.73 Å². The van der Waals surface area contributed by atoms with Crippen molar-refractivity contribution in [3.05, 3.63) is 59.2 Å². The monoisotopic (exact) mass is 309 g/mol. The van der Waals surface area contributed by atoms with E-state index < -0.39 is 20.7 Å². The summed E-state index contributed by atoms with van der Waals surface area (Å²) >= 11 is 0. The van der Waals surface area contributed by atoms with Crippen molar-refractivity contribution in [1.29, 1.82) is 0 Å². The Hall–Kier alpha value is -1.83. The molecule has 0 saturated heterocycles. The summed E-state index contributed by atoms with van der Waals surface area (Å²) in [6.45, 7) is 1.98. The van der Waals surface area contributed by atoms with Crippen LogP contribution in [0, 0.1) is 12.7 Å². The first kappa shape index (κ1) is 15.6. The van der Waals surface area contributed by atoms with Crippen LogP contribution in [-0.2, 0) is 23.1 Å². The third-order valence-corrected chi connectivity index (χ3v) is 4.50. The lowest BCUT2D eigenvalue weighted by Crippen LogP contribution is -2.25. The van der Waals surface area contributed by atoms with Crippen molar-refractivity contribution in [2.24, 2.45) is 5.73 Å². The van der Waals surface area contributed by atoms with Crippen LogP contribution in [0.1, 0.15) is 16.8 Å². The molecule has 1 heterocycles. The quantitative estimate of drug-likeness (QED) is 0.876. The average molecular weight is 309 g/mol. The molecule has 0 aliphatic carbocycles. The predicted octanol–water partition coefficient (Wildman–Crippen LogP) is 1.47. The third kappa shape index (κ3) is 3.63. The number of benzene rings is 1. The SMILES string of the molecule is Cc1cccnc1CNS(=O)(=O)c1ccc(CN)cc1F. The van der Waals surface area contributed by atoms with Gasteiger partial charge < -0.3 is 5.73 Å². The second-order valence-corrected chi connectivity index (χ2v) is 6.30. The summed E-state index contributed by atoms with van der Waals surface area (Å²) in [6.07, 6.45) is 1.58. The molecule has 0 unspecified atom stereocenters. The Kier molecular flexibility index (Phi) is 4.66. The fourth-order valence-electron chi connectivity index (χ4n) is 1.83. The standard InChI is InChI=1S/C14H16FN3O2S/c1-10-3-2-6-17-13(10)9-18-21(19,20)14-5-4-11(8-16)7-12(14)15/h2-7,18H,8-9,16H2,1H3. The molecule has 1 aromatic carbocycles. The Balaban J connectivity index is 2.21. The van der Waals surface area contributed by atoms with E-state index in [2.05, 4.69) is 9.71 Å². The Bertz CT molecular complexity index is 748. The molecular formula is C14H16FN3O2S. The molecule has 1 aromatic heterocycles. The van der Waals surface area contributed by atoms with E-state index in [1.54, 1.807) is 12.3 Å². The zero-order chi connectivity index (χ0) is 15.5. The second-order valence-electron chi connectivity index (χ2n) is 4.56. The number of nitrogens with zero attached hydrogens (tertiary/aromatic N) is 1. The molecule has 0 atom stereocenters. The van der Waals surface area contributed by atoms with E-state index in [9.17, 15) is 12.8 Å². The van der Waals surface area contributed by atoms with Gasteiger partial charge in [-0.25, -0.2) is 17.5 Å².